The summed E-state index contributed by atoms with van der Waals surface area (Å²) in [5.41, 5.74) is 1.47. The maximum atomic E-state index is 12.6. The molecule has 1 aromatic heterocycles. The predicted molar refractivity (Wildman–Crippen MR) is 115 cm³/mol. The Kier molecular flexibility index (Phi) is 9.80. The molecule has 3 heterocycles. The lowest BCUT2D eigenvalue weighted by Gasteiger charge is -2.32. The lowest BCUT2D eigenvalue weighted by molar-refractivity contribution is -0.124. The number of rotatable bonds is 4. The molecule has 4 rings (SSSR count). The van der Waals surface area contributed by atoms with Crippen molar-refractivity contribution in [2.45, 2.75) is 44.7 Å². The van der Waals surface area contributed by atoms with E-state index in [0.717, 1.165) is 57.7 Å². The van der Waals surface area contributed by atoms with Crippen LogP contribution in [0.15, 0.2) is 24.4 Å². The number of nitrogens with one attached hydrogen (secondary N) is 2. The van der Waals surface area contributed by atoms with E-state index in [1.165, 1.54) is 12.8 Å². The Bertz CT molecular complexity index is 576. The van der Waals surface area contributed by atoms with Crippen LogP contribution in [0.25, 0.3) is 0 Å². The summed E-state index contributed by atoms with van der Waals surface area (Å²) in [7, 11) is 0. The van der Waals surface area contributed by atoms with Crippen molar-refractivity contribution in [3.63, 3.8) is 0 Å². The second-order valence-corrected chi connectivity index (χ2v) is 7.75. The number of piperidine rings is 2. The molecule has 1 atom stereocenters. The van der Waals surface area contributed by atoms with E-state index >= 15 is 0 Å². The second kappa shape index (κ2) is 10.8. The summed E-state index contributed by atoms with van der Waals surface area (Å²) in [5, 5.41) is 6.74. The Morgan fingerprint density at radius 2 is 1.89 bits per heavy atom. The minimum atomic E-state index is 0. The minimum Gasteiger partial charge on any atom is -0.353 e. The number of aromatic nitrogens is 1. The van der Waals surface area contributed by atoms with Gasteiger partial charge in [-0.2, -0.15) is 0 Å². The summed E-state index contributed by atoms with van der Waals surface area (Å²) in [6.45, 7) is 5.16. The Hall–Kier alpha value is -0.590. The van der Waals surface area contributed by atoms with Crippen molar-refractivity contribution in [3.05, 3.63) is 30.1 Å². The molecule has 1 amide bonds. The van der Waals surface area contributed by atoms with Crippen molar-refractivity contribution >= 4 is 43.1 Å². The molecule has 1 aliphatic carbocycles. The Labute approximate surface area is 180 Å². The number of likely N-dealkylation sites (tertiary alicyclic amines) is 1. The van der Waals surface area contributed by atoms with Gasteiger partial charge in [0.25, 0.3) is 0 Å². The first kappa shape index (κ1) is 24.4. The van der Waals surface area contributed by atoms with Gasteiger partial charge in [0.15, 0.2) is 0 Å². The summed E-state index contributed by atoms with van der Waals surface area (Å²) in [6, 6.07) is 6.44. The molecule has 3 aliphatic rings. The molecule has 1 spiro atoms. The normalized spacial score (nSPS) is 24.1. The number of carbonyl (C=O) groups excluding carboxylic acids is 1. The van der Waals surface area contributed by atoms with Crippen LogP contribution in [0.2, 0.25) is 0 Å². The summed E-state index contributed by atoms with van der Waals surface area (Å²) >= 11 is 0. The molecule has 2 aliphatic heterocycles. The van der Waals surface area contributed by atoms with Crippen molar-refractivity contribution < 1.29 is 4.79 Å². The van der Waals surface area contributed by atoms with Gasteiger partial charge in [0.2, 0.25) is 5.91 Å². The Balaban J connectivity index is 0.00000121. The first-order valence-corrected chi connectivity index (χ1v) is 9.39. The highest BCUT2D eigenvalue weighted by atomic mass is 35.5. The largest absolute Gasteiger partial charge is 0.353 e. The quantitative estimate of drug-likeness (QED) is 0.760. The Morgan fingerprint density at radius 1 is 1.19 bits per heavy atom. The van der Waals surface area contributed by atoms with Crippen molar-refractivity contribution in [2.24, 2.45) is 11.3 Å². The molecule has 8 heteroatoms. The van der Waals surface area contributed by atoms with Gasteiger partial charge in [-0.3, -0.25) is 14.7 Å². The molecule has 5 nitrogen and oxygen atoms in total. The fourth-order valence-corrected chi connectivity index (χ4v) is 4.45. The van der Waals surface area contributed by atoms with Gasteiger partial charge in [0.05, 0.1) is 5.69 Å². The molecule has 0 aromatic carbocycles. The van der Waals surface area contributed by atoms with Crippen LogP contribution in [0, 0.1) is 11.3 Å². The zero-order chi connectivity index (χ0) is 16.4. The third-order valence-corrected chi connectivity index (χ3v) is 6.15. The van der Waals surface area contributed by atoms with E-state index in [9.17, 15) is 4.79 Å². The third-order valence-electron chi connectivity index (χ3n) is 6.15. The SMILES string of the molecule is Cl.Cl.Cl.O=C(NC1CCN(Cc2ccccn2)CC1)C1CC12CCNCC2. The number of amides is 1. The highest BCUT2D eigenvalue weighted by Gasteiger charge is 2.57. The van der Waals surface area contributed by atoms with Gasteiger partial charge in [-0.1, -0.05) is 6.07 Å². The molecule has 0 radical (unpaired) electrons. The molecule has 27 heavy (non-hydrogen) atoms. The molecule has 3 fully saturated rings. The average Bonchev–Trinajstić information content (AvgIpc) is 3.31. The van der Waals surface area contributed by atoms with Crippen LogP contribution in [0.5, 0.6) is 0 Å². The van der Waals surface area contributed by atoms with Crippen LogP contribution in [0.1, 0.15) is 37.8 Å². The molecule has 1 aromatic rings. The average molecular weight is 438 g/mol. The van der Waals surface area contributed by atoms with Gasteiger partial charge in [-0.25, -0.2) is 0 Å². The molecule has 1 unspecified atom stereocenters. The van der Waals surface area contributed by atoms with Crippen molar-refractivity contribution in [1.29, 1.82) is 0 Å². The highest BCUT2D eigenvalue weighted by molar-refractivity contribution is 5.86. The number of pyridine rings is 1. The summed E-state index contributed by atoms with van der Waals surface area (Å²) in [6.07, 6.45) is 7.43. The van der Waals surface area contributed by atoms with E-state index in [0.29, 0.717) is 17.4 Å². The van der Waals surface area contributed by atoms with E-state index in [1.807, 2.05) is 18.3 Å². The van der Waals surface area contributed by atoms with Crippen LogP contribution < -0.4 is 10.6 Å². The summed E-state index contributed by atoms with van der Waals surface area (Å²) in [4.78, 5) is 19.4. The standard InChI is InChI=1S/C19H28N4O.3ClH/c24-18(17-13-19(17)6-9-20-10-7-19)22-15-4-11-23(12-5-15)14-16-3-1-2-8-21-16;;;/h1-3,8,15,17,20H,4-7,9-14H2,(H,22,24);3*1H. The first-order valence-electron chi connectivity index (χ1n) is 9.39. The molecule has 2 saturated heterocycles. The minimum absolute atomic E-state index is 0. The molecule has 1 saturated carbocycles. The number of hydrogen-bond acceptors (Lipinski definition) is 4. The lowest BCUT2D eigenvalue weighted by Crippen LogP contribution is -2.45. The van der Waals surface area contributed by atoms with Crippen LogP contribution in [0.4, 0.5) is 0 Å². The molecule has 0 bridgehead atoms. The maximum Gasteiger partial charge on any atom is 0.223 e. The van der Waals surface area contributed by atoms with Crippen LogP contribution >= 0.6 is 37.2 Å². The smallest absolute Gasteiger partial charge is 0.223 e. The van der Waals surface area contributed by atoms with Crippen molar-refractivity contribution in [3.8, 4) is 0 Å². The molecular formula is C19H31Cl3N4O. The Morgan fingerprint density at radius 3 is 2.52 bits per heavy atom. The van der Waals surface area contributed by atoms with Gasteiger partial charge >= 0.3 is 0 Å². The summed E-state index contributed by atoms with van der Waals surface area (Å²) < 4.78 is 0. The summed E-state index contributed by atoms with van der Waals surface area (Å²) in [5.74, 6) is 0.603. The van der Waals surface area contributed by atoms with Gasteiger partial charge < -0.3 is 10.6 Å². The van der Waals surface area contributed by atoms with Gasteiger partial charge in [0.1, 0.15) is 0 Å². The van der Waals surface area contributed by atoms with Gasteiger partial charge in [-0.15, -0.1) is 37.2 Å². The highest BCUT2D eigenvalue weighted by Crippen LogP contribution is 2.58. The molecule has 154 valence electrons. The van der Waals surface area contributed by atoms with Crippen LogP contribution in [-0.4, -0.2) is 48.0 Å². The predicted octanol–water partition coefficient (Wildman–Crippen LogP) is 2.82. The van der Waals surface area contributed by atoms with Gasteiger partial charge in [-0.05, 0) is 62.7 Å². The monoisotopic (exact) mass is 436 g/mol. The fourth-order valence-electron chi connectivity index (χ4n) is 4.45. The molecular weight excluding hydrogens is 407 g/mol. The number of nitrogens with zero attached hydrogens (tertiary/aromatic N) is 2. The lowest BCUT2D eigenvalue weighted by atomic mass is 9.91. The maximum absolute atomic E-state index is 12.6. The number of halogens is 3. The van der Waals surface area contributed by atoms with Crippen molar-refractivity contribution in [2.75, 3.05) is 26.2 Å². The zero-order valence-corrected chi connectivity index (χ0v) is 18.0. The topological polar surface area (TPSA) is 57.3 Å². The first-order chi connectivity index (χ1) is 11.8. The second-order valence-electron chi connectivity index (χ2n) is 7.75. The van der Waals surface area contributed by atoms with Gasteiger partial charge in [0, 0.05) is 37.8 Å². The number of hydrogen-bond donors (Lipinski definition) is 2. The van der Waals surface area contributed by atoms with Crippen LogP contribution in [-0.2, 0) is 11.3 Å². The third kappa shape index (κ3) is 5.94. The van der Waals surface area contributed by atoms with Crippen LogP contribution in [0.3, 0.4) is 0 Å². The zero-order valence-electron chi connectivity index (χ0n) is 15.6. The van der Waals surface area contributed by atoms with E-state index in [-0.39, 0.29) is 43.1 Å². The number of carbonyl (C=O) groups is 1. The van der Waals surface area contributed by atoms with E-state index in [1.54, 1.807) is 0 Å². The molecule has 2 N–H and O–H groups in total. The van der Waals surface area contributed by atoms with E-state index in [4.69, 9.17) is 0 Å². The fraction of sp³-hybridized carbons (Fsp3) is 0.684. The van der Waals surface area contributed by atoms with Crippen molar-refractivity contribution in [1.82, 2.24) is 20.5 Å². The van der Waals surface area contributed by atoms with E-state index in [2.05, 4.69) is 26.6 Å². The van der Waals surface area contributed by atoms with E-state index < -0.39 is 0 Å².